The number of pyridine rings is 1. The number of nitrogens with zero attached hydrogens (tertiary/aromatic N) is 3. The maximum Gasteiger partial charge on any atom is 0.254 e. The Kier molecular flexibility index (Phi) is 2.82. The Morgan fingerprint density at radius 2 is 2.05 bits per heavy atom. The maximum absolute atomic E-state index is 12.7. The van der Waals surface area contributed by atoms with Crippen molar-refractivity contribution < 1.29 is 4.79 Å². The standard InChI is InChI=1S/C16H14N4O2/c21-15-8-13(12-4-1-2-5-14(12)18-15)16(22)19-9-11(10-19)20-7-3-6-17-20/h1-8,11H,9-10H2,(H,18,21). The molecule has 0 spiro atoms. The summed E-state index contributed by atoms with van der Waals surface area (Å²) in [5.74, 6) is -0.106. The number of para-hydroxylation sites is 1. The molecule has 110 valence electrons. The van der Waals surface area contributed by atoms with E-state index in [9.17, 15) is 9.59 Å². The predicted octanol–water partition coefficient (Wildman–Crippen LogP) is 1.42. The number of benzene rings is 1. The first-order valence-electron chi connectivity index (χ1n) is 7.13. The zero-order valence-corrected chi connectivity index (χ0v) is 11.8. The van der Waals surface area contributed by atoms with E-state index in [-0.39, 0.29) is 17.5 Å². The second kappa shape index (κ2) is 4.84. The fraction of sp³-hybridized carbons (Fsp3) is 0.188. The molecule has 0 atom stereocenters. The van der Waals surface area contributed by atoms with E-state index in [1.807, 2.05) is 35.1 Å². The molecule has 1 aliphatic rings. The molecule has 0 aliphatic carbocycles. The number of nitrogens with one attached hydrogen (secondary N) is 1. The van der Waals surface area contributed by atoms with Gasteiger partial charge >= 0.3 is 0 Å². The molecule has 0 bridgehead atoms. The third-order valence-corrected chi connectivity index (χ3v) is 4.03. The van der Waals surface area contributed by atoms with Gasteiger partial charge in [-0.05, 0) is 12.1 Å². The number of carbonyl (C=O) groups excluding carboxylic acids is 1. The van der Waals surface area contributed by atoms with Gasteiger partial charge in [-0.25, -0.2) is 0 Å². The summed E-state index contributed by atoms with van der Waals surface area (Å²) in [5, 5.41) is 4.97. The minimum Gasteiger partial charge on any atom is -0.334 e. The van der Waals surface area contributed by atoms with E-state index in [1.54, 1.807) is 17.2 Å². The van der Waals surface area contributed by atoms with Gasteiger partial charge in [0.1, 0.15) is 0 Å². The van der Waals surface area contributed by atoms with Crippen molar-refractivity contribution in [1.82, 2.24) is 19.7 Å². The second-order valence-electron chi connectivity index (χ2n) is 5.44. The molecule has 1 N–H and O–H groups in total. The van der Waals surface area contributed by atoms with Gasteiger partial charge in [0.05, 0.1) is 11.6 Å². The SMILES string of the molecule is O=C(c1cc(=O)[nH]c2ccccc12)N1CC(n2cccn2)C1. The van der Waals surface area contributed by atoms with E-state index in [4.69, 9.17) is 0 Å². The molecule has 4 rings (SSSR count). The molecule has 22 heavy (non-hydrogen) atoms. The number of likely N-dealkylation sites (tertiary alicyclic amines) is 1. The highest BCUT2D eigenvalue weighted by molar-refractivity contribution is 6.06. The first kappa shape index (κ1) is 12.8. The summed E-state index contributed by atoms with van der Waals surface area (Å²) >= 11 is 0. The molecule has 1 saturated heterocycles. The molecule has 1 amide bonds. The lowest BCUT2D eigenvalue weighted by Gasteiger charge is -2.39. The molecule has 6 heteroatoms. The lowest BCUT2D eigenvalue weighted by molar-refractivity contribution is 0.0503. The molecule has 1 aromatic carbocycles. The molecule has 2 aromatic heterocycles. The molecular formula is C16H14N4O2. The lowest BCUT2D eigenvalue weighted by Crippen LogP contribution is -2.51. The number of hydrogen-bond acceptors (Lipinski definition) is 3. The highest BCUT2D eigenvalue weighted by Gasteiger charge is 2.33. The van der Waals surface area contributed by atoms with Crippen LogP contribution in [0.25, 0.3) is 10.9 Å². The van der Waals surface area contributed by atoms with E-state index < -0.39 is 0 Å². The minimum atomic E-state index is -0.258. The summed E-state index contributed by atoms with van der Waals surface area (Å²) in [6, 6.07) is 10.8. The number of aromatic amines is 1. The molecule has 6 nitrogen and oxygen atoms in total. The fourth-order valence-corrected chi connectivity index (χ4v) is 2.84. The number of H-pyrrole nitrogens is 1. The Morgan fingerprint density at radius 1 is 1.23 bits per heavy atom. The first-order valence-corrected chi connectivity index (χ1v) is 7.13. The maximum atomic E-state index is 12.7. The Morgan fingerprint density at radius 3 is 2.82 bits per heavy atom. The number of fused-ring (bicyclic) bond motifs is 1. The number of amides is 1. The topological polar surface area (TPSA) is 71.0 Å². The van der Waals surface area contributed by atoms with Crippen LogP contribution in [0.15, 0.2) is 53.6 Å². The van der Waals surface area contributed by atoms with Gasteiger partial charge in [-0.3, -0.25) is 14.3 Å². The highest BCUT2D eigenvalue weighted by atomic mass is 16.2. The van der Waals surface area contributed by atoms with Crippen molar-refractivity contribution in [2.24, 2.45) is 0 Å². The van der Waals surface area contributed by atoms with Crippen LogP contribution in [0.1, 0.15) is 16.4 Å². The molecule has 3 aromatic rings. The van der Waals surface area contributed by atoms with Crippen molar-refractivity contribution >= 4 is 16.8 Å². The summed E-state index contributed by atoms with van der Waals surface area (Å²) in [5.41, 5.74) is 0.881. The predicted molar refractivity (Wildman–Crippen MR) is 81.7 cm³/mol. The Balaban J connectivity index is 1.63. The van der Waals surface area contributed by atoms with E-state index in [0.717, 1.165) is 5.39 Å². The first-order chi connectivity index (χ1) is 10.7. The monoisotopic (exact) mass is 294 g/mol. The van der Waals surface area contributed by atoms with Gasteiger partial charge < -0.3 is 9.88 Å². The third kappa shape index (κ3) is 2.00. The van der Waals surface area contributed by atoms with E-state index in [2.05, 4.69) is 10.1 Å². The smallest absolute Gasteiger partial charge is 0.254 e. The Hall–Kier alpha value is -2.89. The summed E-state index contributed by atoms with van der Waals surface area (Å²) in [6.07, 6.45) is 3.63. The minimum absolute atomic E-state index is 0.106. The molecule has 0 unspecified atom stereocenters. The second-order valence-corrected chi connectivity index (χ2v) is 5.44. The third-order valence-electron chi connectivity index (χ3n) is 4.03. The van der Waals surface area contributed by atoms with Crippen molar-refractivity contribution in [1.29, 1.82) is 0 Å². The van der Waals surface area contributed by atoms with Crippen LogP contribution in [-0.4, -0.2) is 38.7 Å². The number of hydrogen-bond donors (Lipinski definition) is 1. The van der Waals surface area contributed by atoms with Gasteiger partial charge in [-0.15, -0.1) is 0 Å². The molecular weight excluding hydrogens is 280 g/mol. The van der Waals surface area contributed by atoms with Crippen molar-refractivity contribution in [3.05, 3.63) is 64.7 Å². The quantitative estimate of drug-likeness (QED) is 0.777. The van der Waals surface area contributed by atoms with Crippen LogP contribution < -0.4 is 5.56 Å². The summed E-state index contributed by atoms with van der Waals surface area (Å²) < 4.78 is 1.86. The fourth-order valence-electron chi connectivity index (χ4n) is 2.84. The van der Waals surface area contributed by atoms with Gasteiger partial charge in [0, 0.05) is 42.5 Å². The number of rotatable bonds is 2. The van der Waals surface area contributed by atoms with Gasteiger partial charge in [0.25, 0.3) is 5.91 Å². The van der Waals surface area contributed by atoms with Crippen LogP contribution in [0.5, 0.6) is 0 Å². The van der Waals surface area contributed by atoms with Crippen LogP contribution in [0.2, 0.25) is 0 Å². The van der Waals surface area contributed by atoms with Gasteiger partial charge in [-0.1, -0.05) is 18.2 Å². The van der Waals surface area contributed by atoms with Crippen LogP contribution in [-0.2, 0) is 0 Å². The Labute approximate surface area is 126 Å². The molecule has 0 radical (unpaired) electrons. The van der Waals surface area contributed by atoms with Crippen LogP contribution in [0, 0.1) is 0 Å². The number of carbonyl (C=O) groups is 1. The molecule has 1 fully saturated rings. The summed E-state index contributed by atoms with van der Waals surface area (Å²) in [7, 11) is 0. The largest absolute Gasteiger partial charge is 0.334 e. The molecule has 1 aliphatic heterocycles. The van der Waals surface area contributed by atoms with Gasteiger partial charge in [0.2, 0.25) is 5.56 Å². The summed E-state index contributed by atoms with van der Waals surface area (Å²) in [4.78, 5) is 28.9. The van der Waals surface area contributed by atoms with Crippen molar-refractivity contribution in [3.63, 3.8) is 0 Å². The average Bonchev–Trinajstić information content (AvgIpc) is 2.98. The molecule has 0 saturated carbocycles. The van der Waals surface area contributed by atoms with E-state index >= 15 is 0 Å². The Bertz CT molecular complexity index is 892. The van der Waals surface area contributed by atoms with E-state index in [0.29, 0.717) is 24.2 Å². The van der Waals surface area contributed by atoms with Crippen molar-refractivity contribution in [3.8, 4) is 0 Å². The van der Waals surface area contributed by atoms with Crippen molar-refractivity contribution in [2.75, 3.05) is 13.1 Å². The highest BCUT2D eigenvalue weighted by Crippen LogP contribution is 2.24. The van der Waals surface area contributed by atoms with Crippen LogP contribution in [0.4, 0.5) is 0 Å². The average molecular weight is 294 g/mol. The zero-order valence-electron chi connectivity index (χ0n) is 11.8. The van der Waals surface area contributed by atoms with Gasteiger partial charge in [-0.2, -0.15) is 5.10 Å². The normalized spacial score (nSPS) is 15.0. The lowest BCUT2D eigenvalue weighted by atomic mass is 10.0. The van der Waals surface area contributed by atoms with Crippen LogP contribution >= 0.6 is 0 Å². The van der Waals surface area contributed by atoms with Crippen molar-refractivity contribution in [2.45, 2.75) is 6.04 Å². The van der Waals surface area contributed by atoms with E-state index in [1.165, 1.54) is 6.07 Å². The van der Waals surface area contributed by atoms with Gasteiger partial charge in [0.15, 0.2) is 0 Å². The molecule has 3 heterocycles. The van der Waals surface area contributed by atoms with Crippen LogP contribution in [0.3, 0.4) is 0 Å². The summed E-state index contributed by atoms with van der Waals surface area (Å²) in [6.45, 7) is 1.23. The number of aromatic nitrogens is 3. The zero-order chi connectivity index (χ0) is 15.1.